The first-order valence-corrected chi connectivity index (χ1v) is 5.85. The molecular weight excluding hydrogens is 168 g/mol. The average molecular weight is 185 g/mol. The second kappa shape index (κ2) is 2.41. The molecule has 0 aliphatic heterocycles. The summed E-state index contributed by atoms with van der Waals surface area (Å²) in [6.07, 6.45) is 9.93. The van der Waals surface area contributed by atoms with Gasteiger partial charge < -0.3 is 0 Å². The molecule has 3 aliphatic rings. The minimum Gasteiger partial charge on any atom is -0.119 e. The highest BCUT2D eigenvalue weighted by Crippen LogP contribution is 2.58. The van der Waals surface area contributed by atoms with Crippen LogP contribution in [0, 0.1) is 17.8 Å². The first-order valence-electron chi connectivity index (χ1n) is 5.47. The van der Waals surface area contributed by atoms with E-state index in [-0.39, 0.29) is 4.87 Å². The van der Waals surface area contributed by atoms with E-state index in [4.69, 9.17) is 11.6 Å². The van der Waals surface area contributed by atoms with Crippen molar-refractivity contribution in [3.63, 3.8) is 0 Å². The number of alkyl halides is 1. The molecule has 0 aromatic heterocycles. The SMILES string of the molecule is ClC12CCCC(C1)C1CCC2C1. The molecule has 0 N–H and O–H groups in total. The van der Waals surface area contributed by atoms with Gasteiger partial charge in [0.15, 0.2) is 0 Å². The van der Waals surface area contributed by atoms with Crippen molar-refractivity contribution < 1.29 is 0 Å². The standard InChI is InChI=1S/C11H17Cl/c12-11-5-1-2-9(7-11)8-3-4-10(11)6-8/h8-10H,1-7H2. The van der Waals surface area contributed by atoms with Crippen LogP contribution in [0.25, 0.3) is 0 Å². The maximum atomic E-state index is 6.70. The van der Waals surface area contributed by atoms with E-state index in [2.05, 4.69) is 0 Å². The fourth-order valence-electron chi connectivity index (χ4n) is 3.99. The summed E-state index contributed by atoms with van der Waals surface area (Å²) in [5.74, 6) is 2.97. The quantitative estimate of drug-likeness (QED) is 0.505. The summed E-state index contributed by atoms with van der Waals surface area (Å²) < 4.78 is 0. The maximum Gasteiger partial charge on any atom is 0.0477 e. The summed E-state index contributed by atoms with van der Waals surface area (Å²) in [6.45, 7) is 0. The summed E-state index contributed by atoms with van der Waals surface area (Å²) >= 11 is 6.70. The van der Waals surface area contributed by atoms with E-state index < -0.39 is 0 Å². The maximum absolute atomic E-state index is 6.70. The van der Waals surface area contributed by atoms with Gasteiger partial charge in [-0.05, 0) is 49.9 Å². The zero-order valence-electron chi connectivity index (χ0n) is 7.56. The Morgan fingerprint density at radius 1 is 1.08 bits per heavy atom. The lowest BCUT2D eigenvalue weighted by molar-refractivity contribution is 0.133. The van der Waals surface area contributed by atoms with Crippen molar-refractivity contribution in [1.29, 1.82) is 0 Å². The van der Waals surface area contributed by atoms with Crippen LogP contribution in [0.4, 0.5) is 0 Å². The number of rotatable bonds is 0. The monoisotopic (exact) mass is 184 g/mol. The molecule has 1 heteroatoms. The third-order valence-corrected chi connectivity index (χ3v) is 5.29. The van der Waals surface area contributed by atoms with E-state index in [9.17, 15) is 0 Å². The molecule has 4 atom stereocenters. The fraction of sp³-hybridized carbons (Fsp3) is 1.00. The number of fused-ring (bicyclic) bond motifs is 6. The Morgan fingerprint density at radius 3 is 2.92 bits per heavy atom. The minimum absolute atomic E-state index is 0.260. The Morgan fingerprint density at radius 2 is 2.00 bits per heavy atom. The molecule has 3 aliphatic carbocycles. The highest BCUT2D eigenvalue weighted by molar-refractivity contribution is 6.24. The molecule has 4 bridgehead atoms. The van der Waals surface area contributed by atoms with Crippen LogP contribution in [-0.2, 0) is 0 Å². The Labute approximate surface area is 79.7 Å². The van der Waals surface area contributed by atoms with Gasteiger partial charge in [-0.3, -0.25) is 0 Å². The molecule has 0 spiro atoms. The zero-order chi connectivity index (χ0) is 8.18. The summed E-state index contributed by atoms with van der Waals surface area (Å²) in [4.78, 5) is 0.260. The summed E-state index contributed by atoms with van der Waals surface area (Å²) in [5.41, 5.74) is 0. The van der Waals surface area contributed by atoms with Gasteiger partial charge >= 0.3 is 0 Å². The molecule has 3 saturated carbocycles. The Balaban J connectivity index is 1.94. The predicted octanol–water partition coefficient (Wildman–Crippen LogP) is 3.58. The normalized spacial score (nSPS) is 57.2. The zero-order valence-corrected chi connectivity index (χ0v) is 8.32. The lowest BCUT2D eigenvalue weighted by Gasteiger charge is -2.45. The van der Waals surface area contributed by atoms with E-state index in [1.165, 1.54) is 44.9 Å². The van der Waals surface area contributed by atoms with Crippen molar-refractivity contribution in [2.45, 2.75) is 49.8 Å². The van der Waals surface area contributed by atoms with Crippen LogP contribution in [0.2, 0.25) is 0 Å². The first-order chi connectivity index (χ1) is 5.78. The highest BCUT2D eigenvalue weighted by atomic mass is 35.5. The molecule has 4 unspecified atom stereocenters. The molecule has 0 amide bonds. The highest BCUT2D eigenvalue weighted by Gasteiger charge is 2.51. The molecule has 12 heavy (non-hydrogen) atoms. The molecule has 0 saturated heterocycles. The lowest BCUT2D eigenvalue weighted by Crippen LogP contribution is -2.41. The predicted molar refractivity (Wildman–Crippen MR) is 51.4 cm³/mol. The van der Waals surface area contributed by atoms with Crippen LogP contribution in [0.5, 0.6) is 0 Å². The number of halogens is 1. The molecule has 3 rings (SSSR count). The summed E-state index contributed by atoms with van der Waals surface area (Å²) in [5, 5.41) is 0. The molecule has 0 radical (unpaired) electrons. The molecule has 0 nitrogen and oxygen atoms in total. The summed E-state index contributed by atoms with van der Waals surface area (Å²) in [6, 6.07) is 0. The van der Waals surface area contributed by atoms with Crippen molar-refractivity contribution in [2.75, 3.05) is 0 Å². The molecule has 3 fully saturated rings. The fourth-order valence-corrected chi connectivity index (χ4v) is 4.52. The van der Waals surface area contributed by atoms with E-state index >= 15 is 0 Å². The van der Waals surface area contributed by atoms with Crippen LogP contribution < -0.4 is 0 Å². The van der Waals surface area contributed by atoms with Crippen LogP contribution in [-0.4, -0.2) is 4.87 Å². The third kappa shape index (κ3) is 0.907. The largest absolute Gasteiger partial charge is 0.119 e. The second-order valence-electron chi connectivity index (χ2n) is 5.16. The molecule has 68 valence electrons. The van der Waals surface area contributed by atoms with Gasteiger partial charge in [-0.15, -0.1) is 11.6 Å². The van der Waals surface area contributed by atoms with Crippen molar-refractivity contribution in [2.24, 2.45) is 17.8 Å². The first kappa shape index (κ1) is 7.67. The van der Waals surface area contributed by atoms with Gasteiger partial charge in [-0.1, -0.05) is 12.8 Å². The molecule has 0 heterocycles. The van der Waals surface area contributed by atoms with Crippen LogP contribution in [0.3, 0.4) is 0 Å². The van der Waals surface area contributed by atoms with Gasteiger partial charge in [0.2, 0.25) is 0 Å². The van der Waals surface area contributed by atoms with E-state index in [1.54, 1.807) is 0 Å². The van der Waals surface area contributed by atoms with Gasteiger partial charge in [0.05, 0.1) is 0 Å². The van der Waals surface area contributed by atoms with Gasteiger partial charge in [-0.2, -0.15) is 0 Å². The Hall–Kier alpha value is 0.290. The van der Waals surface area contributed by atoms with Crippen molar-refractivity contribution in [3.8, 4) is 0 Å². The molecule has 0 aromatic rings. The van der Waals surface area contributed by atoms with Crippen molar-refractivity contribution >= 4 is 11.6 Å². The topological polar surface area (TPSA) is 0 Å². The minimum atomic E-state index is 0.260. The van der Waals surface area contributed by atoms with E-state index in [0.717, 1.165) is 17.8 Å². The number of hydrogen-bond acceptors (Lipinski definition) is 0. The van der Waals surface area contributed by atoms with Crippen molar-refractivity contribution in [1.82, 2.24) is 0 Å². The van der Waals surface area contributed by atoms with Gasteiger partial charge in [0, 0.05) is 4.87 Å². The summed E-state index contributed by atoms with van der Waals surface area (Å²) in [7, 11) is 0. The second-order valence-corrected chi connectivity index (χ2v) is 5.91. The average Bonchev–Trinajstić information content (AvgIpc) is 2.49. The third-order valence-electron chi connectivity index (χ3n) is 4.64. The van der Waals surface area contributed by atoms with Gasteiger partial charge in [0.1, 0.15) is 0 Å². The van der Waals surface area contributed by atoms with Gasteiger partial charge in [-0.25, -0.2) is 0 Å². The van der Waals surface area contributed by atoms with E-state index in [1.807, 2.05) is 0 Å². The lowest BCUT2D eigenvalue weighted by atomic mass is 9.66. The van der Waals surface area contributed by atoms with Crippen LogP contribution in [0.15, 0.2) is 0 Å². The van der Waals surface area contributed by atoms with Crippen molar-refractivity contribution in [3.05, 3.63) is 0 Å². The smallest absolute Gasteiger partial charge is 0.0477 e. The number of hydrogen-bond donors (Lipinski definition) is 0. The van der Waals surface area contributed by atoms with E-state index in [0.29, 0.717) is 0 Å². The Kier molecular flexibility index (Phi) is 1.54. The van der Waals surface area contributed by atoms with Crippen LogP contribution >= 0.6 is 11.6 Å². The molecular formula is C11H17Cl. The Bertz CT molecular complexity index is 201. The molecule has 0 aromatic carbocycles. The van der Waals surface area contributed by atoms with Crippen LogP contribution in [0.1, 0.15) is 44.9 Å². The van der Waals surface area contributed by atoms with Gasteiger partial charge in [0.25, 0.3) is 0 Å².